The van der Waals surface area contributed by atoms with Crippen molar-refractivity contribution in [2.75, 3.05) is 0 Å². The molecule has 0 N–H and O–H groups in total. The molecule has 1 atom stereocenters. The van der Waals surface area contributed by atoms with Gasteiger partial charge in [0.05, 0.1) is 6.04 Å². The molecular weight excluding hydrogens is 326 g/mol. The van der Waals surface area contributed by atoms with E-state index in [4.69, 9.17) is 4.99 Å². The smallest absolute Gasteiger partial charge is 0.0999 e. The molecule has 0 bridgehead atoms. The van der Waals surface area contributed by atoms with E-state index >= 15 is 0 Å². The SMILES string of the molecule is C(=NC(c1ccccc1)c1ccc(-c2ccccc2)cc1)c1ccccc1. The average Bonchev–Trinajstić information content (AvgIpc) is 2.76. The Morgan fingerprint density at radius 2 is 0.963 bits per heavy atom. The molecule has 0 aliphatic carbocycles. The van der Waals surface area contributed by atoms with Gasteiger partial charge in [-0.25, -0.2) is 0 Å². The minimum absolute atomic E-state index is 0.0174. The van der Waals surface area contributed by atoms with Gasteiger partial charge in [0.1, 0.15) is 0 Å². The van der Waals surface area contributed by atoms with E-state index in [2.05, 4.69) is 84.9 Å². The molecule has 0 radical (unpaired) electrons. The van der Waals surface area contributed by atoms with Gasteiger partial charge in [-0.1, -0.05) is 115 Å². The molecule has 0 spiro atoms. The first-order valence-electron chi connectivity index (χ1n) is 9.19. The zero-order valence-corrected chi connectivity index (χ0v) is 15.1. The second-order valence-electron chi connectivity index (χ2n) is 6.49. The van der Waals surface area contributed by atoms with Crippen molar-refractivity contribution in [2.24, 2.45) is 4.99 Å². The van der Waals surface area contributed by atoms with Crippen molar-refractivity contribution in [1.29, 1.82) is 0 Å². The first-order chi connectivity index (χ1) is 13.4. The monoisotopic (exact) mass is 347 g/mol. The topological polar surface area (TPSA) is 12.4 Å². The van der Waals surface area contributed by atoms with Crippen LogP contribution in [0.5, 0.6) is 0 Å². The van der Waals surface area contributed by atoms with E-state index in [-0.39, 0.29) is 6.04 Å². The van der Waals surface area contributed by atoms with Crippen molar-refractivity contribution in [3.05, 3.63) is 132 Å². The Labute approximate surface area is 160 Å². The van der Waals surface area contributed by atoms with Crippen molar-refractivity contribution in [3.63, 3.8) is 0 Å². The molecule has 0 fully saturated rings. The van der Waals surface area contributed by atoms with Crippen LogP contribution in [-0.2, 0) is 0 Å². The molecule has 0 saturated heterocycles. The summed E-state index contributed by atoms with van der Waals surface area (Å²) in [6.45, 7) is 0. The zero-order valence-electron chi connectivity index (χ0n) is 15.1. The molecule has 1 heteroatoms. The summed E-state index contributed by atoms with van der Waals surface area (Å²) >= 11 is 0. The lowest BCUT2D eigenvalue weighted by molar-refractivity contribution is 0.878. The van der Waals surface area contributed by atoms with Gasteiger partial charge in [0.15, 0.2) is 0 Å². The van der Waals surface area contributed by atoms with E-state index in [0.717, 1.165) is 5.56 Å². The highest BCUT2D eigenvalue weighted by Gasteiger charge is 2.12. The van der Waals surface area contributed by atoms with Crippen LogP contribution in [0.1, 0.15) is 22.7 Å². The van der Waals surface area contributed by atoms with E-state index in [0.29, 0.717) is 0 Å². The summed E-state index contributed by atoms with van der Waals surface area (Å²) in [6.07, 6.45) is 1.96. The van der Waals surface area contributed by atoms with E-state index in [9.17, 15) is 0 Å². The summed E-state index contributed by atoms with van der Waals surface area (Å²) in [5, 5.41) is 0. The predicted octanol–water partition coefficient (Wildman–Crippen LogP) is 6.56. The molecule has 0 saturated carbocycles. The first kappa shape index (κ1) is 17.0. The van der Waals surface area contributed by atoms with Crippen LogP contribution in [0.2, 0.25) is 0 Å². The van der Waals surface area contributed by atoms with Gasteiger partial charge < -0.3 is 0 Å². The molecule has 1 nitrogen and oxygen atoms in total. The molecule has 0 aromatic heterocycles. The van der Waals surface area contributed by atoms with Crippen LogP contribution in [0.3, 0.4) is 0 Å². The fraction of sp³-hybridized carbons (Fsp3) is 0.0385. The third kappa shape index (κ3) is 4.21. The number of hydrogen-bond donors (Lipinski definition) is 0. The highest BCUT2D eigenvalue weighted by atomic mass is 14.8. The lowest BCUT2D eigenvalue weighted by atomic mass is 9.96. The van der Waals surface area contributed by atoms with Crippen molar-refractivity contribution in [3.8, 4) is 11.1 Å². The third-order valence-corrected chi connectivity index (χ3v) is 4.62. The number of rotatable bonds is 5. The number of aliphatic imine (C=N–C) groups is 1. The van der Waals surface area contributed by atoms with Crippen LogP contribution in [0, 0.1) is 0 Å². The Hall–Kier alpha value is -3.45. The van der Waals surface area contributed by atoms with E-state index in [1.54, 1.807) is 0 Å². The van der Waals surface area contributed by atoms with Crippen LogP contribution in [0.15, 0.2) is 120 Å². The van der Waals surface area contributed by atoms with Gasteiger partial charge in [-0.2, -0.15) is 0 Å². The highest BCUT2D eigenvalue weighted by molar-refractivity contribution is 5.79. The van der Waals surface area contributed by atoms with Crippen molar-refractivity contribution >= 4 is 6.21 Å². The lowest BCUT2D eigenvalue weighted by Gasteiger charge is -2.14. The zero-order chi connectivity index (χ0) is 18.3. The summed E-state index contributed by atoms with van der Waals surface area (Å²) < 4.78 is 0. The minimum Gasteiger partial charge on any atom is -0.280 e. The summed E-state index contributed by atoms with van der Waals surface area (Å²) in [7, 11) is 0. The van der Waals surface area contributed by atoms with Crippen molar-refractivity contribution < 1.29 is 0 Å². The molecule has 27 heavy (non-hydrogen) atoms. The third-order valence-electron chi connectivity index (χ3n) is 4.62. The van der Waals surface area contributed by atoms with Gasteiger partial charge in [0, 0.05) is 6.21 Å². The fourth-order valence-electron chi connectivity index (χ4n) is 3.19. The molecule has 0 aliphatic rings. The maximum absolute atomic E-state index is 4.91. The quantitative estimate of drug-likeness (QED) is 0.362. The summed E-state index contributed by atoms with van der Waals surface area (Å²) in [4.78, 5) is 4.91. The Bertz CT molecular complexity index is 988. The standard InChI is InChI=1S/C26H21N/c1-4-10-21(11-5-1)20-27-26(24-14-8-3-9-15-24)25-18-16-23(17-19-25)22-12-6-2-7-13-22/h1-20,26H. The molecule has 4 aromatic carbocycles. The molecule has 1 unspecified atom stereocenters. The van der Waals surface area contributed by atoms with Crippen LogP contribution < -0.4 is 0 Å². The van der Waals surface area contributed by atoms with E-state index in [1.165, 1.54) is 22.3 Å². The van der Waals surface area contributed by atoms with Crippen LogP contribution in [0.4, 0.5) is 0 Å². The second-order valence-corrected chi connectivity index (χ2v) is 6.49. The minimum atomic E-state index is -0.0174. The number of hydrogen-bond acceptors (Lipinski definition) is 1. The Balaban J connectivity index is 1.67. The molecular formula is C26H21N. The van der Waals surface area contributed by atoms with E-state index in [1.807, 2.05) is 36.5 Å². The molecule has 130 valence electrons. The Morgan fingerprint density at radius 1 is 0.481 bits per heavy atom. The molecule has 4 rings (SSSR count). The first-order valence-corrected chi connectivity index (χ1v) is 9.19. The van der Waals surface area contributed by atoms with Crippen molar-refractivity contribution in [1.82, 2.24) is 0 Å². The van der Waals surface area contributed by atoms with Crippen LogP contribution in [-0.4, -0.2) is 6.21 Å². The van der Waals surface area contributed by atoms with Gasteiger partial charge in [-0.05, 0) is 27.8 Å². The largest absolute Gasteiger partial charge is 0.280 e. The molecule has 4 aromatic rings. The maximum Gasteiger partial charge on any atom is 0.0999 e. The normalized spacial score (nSPS) is 12.1. The predicted molar refractivity (Wildman–Crippen MR) is 114 cm³/mol. The lowest BCUT2D eigenvalue weighted by Crippen LogP contribution is -1.99. The Morgan fingerprint density at radius 3 is 1.59 bits per heavy atom. The fourth-order valence-corrected chi connectivity index (χ4v) is 3.19. The van der Waals surface area contributed by atoms with Gasteiger partial charge in [-0.3, -0.25) is 4.99 Å². The molecule has 0 aliphatic heterocycles. The summed E-state index contributed by atoms with van der Waals surface area (Å²) in [5.74, 6) is 0. The Kier molecular flexibility index (Phi) is 5.21. The average molecular weight is 347 g/mol. The van der Waals surface area contributed by atoms with Gasteiger partial charge in [0.2, 0.25) is 0 Å². The summed E-state index contributed by atoms with van der Waals surface area (Å²) in [5.41, 5.74) is 5.94. The van der Waals surface area contributed by atoms with Gasteiger partial charge in [0.25, 0.3) is 0 Å². The molecule has 0 heterocycles. The maximum atomic E-state index is 4.91. The van der Waals surface area contributed by atoms with E-state index < -0.39 is 0 Å². The molecule has 0 amide bonds. The van der Waals surface area contributed by atoms with Gasteiger partial charge >= 0.3 is 0 Å². The van der Waals surface area contributed by atoms with Gasteiger partial charge in [-0.15, -0.1) is 0 Å². The van der Waals surface area contributed by atoms with Crippen molar-refractivity contribution in [2.45, 2.75) is 6.04 Å². The van der Waals surface area contributed by atoms with Crippen LogP contribution in [0.25, 0.3) is 11.1 Å². The summed E-state index contributed by atoms with van der Waals surface area (Å²) in [6, 6.07) is 39.9. The highest BCUT2D eigenvalue weighted by Crippen LogP contribution is 2.28. The number of nitrogens with zero attached hydrogens (tertiary/aromatic N) is 1. The second kappa shape index (κ2) is 8.29. The van der Waals surface area contributed by atoms with Crippen LogP contribution >= 0.6 is 0 Å². The number of benzene rings is 4.